The fourth-order valence-corrected chi connectivity index (χ4v) is 6.97. The number of esters is 1. The van der Waals surface area contributed by atoms with Crippen molar-refractivity contribution in [3.8, 4) is 0 Å². The molecular weight excluding hydrogens is 546 g/mol. The molecule has 40 heavy (non-hydrogen) atoms. The molecule has 0 saturated heterocycles. The molecule has 0 aliphatic carbocycles. The lowest BCUT2D eigenvalue weighted by Gasteiger charge is -2.27. The SMILES string of the molecule is CCOC(=O)c1c(NC(=O)C(CCSC)N2C(=O)c3ccccc3C2=O)sc2c1CCN(Cc1ccccc1)C2. The molecule has 10 heteroatoms. The maximum atomic E-state index is 13.8. The Morgan fingerprint density at radius 3 is 2.38 bits per heavy atom. The quantitative estimate of drug-likeness (QED) is 0.272. The van der Waals surface area contributed by atoms with Gasteiger partial charge in [0.1, 0.15) is 11.0 Å². The first-order valence-corrected chi connectivity index (χ1v) is 15.5. The molecule has 208 valence electrons. The molecular formula is C30H31N3O5S2. The number of rotatable bonds is 10. The molecule has 0 spiro atoms. The van der Waals surface area contributed by atoms with Crippen molar-refractivity contribution >= 4 is 51.8 Å². The fraction of sp³-hybridized carbons (Fsp3) is 0.333. The third kappa shape index (κ3) is 5.56. The average molecular weight is 578 g/mol. The van der Waals surface area contributed by atoms with Crippen LogP contribution in [0.2, 0.25) is 0 Å². The van der Waals surface area contributed by atoms with Crippen molar-refractivity contribution in [2.45, 2.75) is 38.9 Å². The van der Waals surface area contributed by atoms with E-state index in [9.17, 15) is 19.2 Å². The summed E-state index contributed by atoms with van der Waals surface area (Å²) in [6.07, 6.45) is 2.85. The zero-order valence-electron chi connectivity index (χ0n) is 22.5. The summed E-state index contributed by atoms with van der Waals surface area (Å²) in [6, 6.07) is 15.8. The minimum Gasteiger partial charge on any atom is -0.462 e. The van der Waals surface area contributed by atoms with Gasteiger partial charge in [-0.15, -0.1) is 11.3 Å². The van der Waals surface area contributed by atoms with E-state index in [0.717, 1.165) is 28.4 Å². The molecule has 8 nitrogen and oxygen atoms in total. The van der Waals surface area contributed by atoms with Crippen LogP contribution in [0.3, 0.4) is 0 Å². The first kappa shape index (κ1) is 28.1. The van der Waals surface area contributed by atoms with Gasteiger partial charge in [-0.05, 0) is 55.0 Å². The monoisotopic (exact) mass is 577 g/mol. The minimum atomic E-state index is -1.01. The second-order valence-corrected chi connectivity index (χ2v) is 11.8. The Morgan fingerprint density at radius 1 is 1.05 bits per heavy atom. The third-order valence-corrected chi connectivity index (χ3v) is 8.91. The highest BCUT2D eigenvalue weighted by Crippen LogP contribution is 2.38. The Balaban J connectivity index is 1.42. The van der Waals surface area contributed by atoms with Crippen molar-refractivity contribution in [3.63, 3.8) is 0 Å². The second-order valence-electron chi connectivity index (χ2n) is 9.69. The van der Waals surface area contributed by atoms with Gasteiger partial charge >= 0.3 is 5.97 Å². The van der Waals surface area contributed by atoms with E-state index in [1.165, 1.54) is 28.7 Å². The molecule has 1 atom stereocenters. The largest absolute Gasteiger partial charge is 0.462 e. The average Bonchev–Trinajstić information content (AvgIpc) is 3.43. The van der Waals surface area contributed by atoms with Crippen molar-refractivity contribution in [3.05, 3.63) is 87.3 Å². The fourth-order valence-electron chi connectivity index (χ4n) is 5.23. The Labute approximate surface area is 241 Å². The minimum absolute atomic E-state index is 0.211. The van der Waals surface area contributed by atoms with Crippen LogP contribution >= 0.6 is 23.1 Å². The Kier molecular flexibility index (Phi) is 8.68. The number of hydrogen-bond donors (Lipinski definition) is 1. The smallest absolute Gasteiger partial charge is 0.341 e. The highest BCUT2D eigenvalue weighted by atomic mass is 32.2. The molecule has 2 aliphatic rings. The molecule has 0 bridgehead atoms. The van der Waals surface area contributed by atoms with Gasteiger partial charge in [-0.3, -0.25) is 24.2 Å². The number of fused-ring (bicyclic) bond motifs is 2. The van der Waals surface area contributed by atoms with Crippen LogP contribution in [0.1, 0.15) is 60.4 Å². The molecule has 2 aliphatic heterocycles. The first-order valence-electron chi connectivity index (χ1n) is 13.3. The van der Waals surface area contributed by atoms with Gasteiger partial charge in [-0.2, -0.15) is 11.8 Å². The molecule has 5 rings (SSSR count). The summed E-state index contributed by atoms with van der Waals surface area (Å²) in [4.78, 5) is 57.7. The van der Waals surface area contributed by atoms with Crippen LogP contribution in [0.25, 0.3) is 0 Å². The predicted octanol–water partition coefficient (Wildman–Crippen LogP) is 4.84. The number of anilines is 1. The number of carbonyl (C=O) groups excluding carboxylic acids is 4. The van der Waals surface area contributed by atoms with E-state index in [2.05, 4.69) is 22.3 Å². The van der Waals surface area contributed by atoms with E-state index in [-0.39, 0.29) is 6.61 Å². The summed E-state index contributed by atoms with van der Waals surface area (Å²) in [5.74, 6) is -1.35. The molecule has 1 unspecified atom stereocenters. The van der Waals surface area contributed by atoms with Gasteiger partial charge < -0.3 is 10.1 Å². The van der Waals surface area contributed by atoms with Gasteiger partial charge in [0.25, 0.3) is 11.8 Å². The van der Waals surface area contributed by atoms with Crippen LogP contribution in [-0.4, -0.2) is 64.7 Å². The van der Waals surface area contributed by atoms with E-state index < -0.39 is 29.7 Å². The third-order valence-electron chi connectivity index (χ3n) is 7.14. The van der Waals surface area contributed by atoms with Gasteiger partial charge in [-0.1, -0.05) is 42.5 Å². The van der Waals surface area contributed by atoms with E-state index in [1.54, 1.807) is 31.2 Å². The number of amides is 3. The number of thiophene rings is 1. The number of nitrogens with one attached hydrogen (secondary N) is 1. The molecule has 0 saturated carbocycles. The molecule has 2 aromatic carbocycles. The maximum absolute atomic E-state index is 13.8. The summed E-state index contributed by atoms with van der Waals surface area (Å²) >= 11 is 2.89. The van der Waals surface area contributed by atoms with E-state index in [1.807, 2.05) is 24.5 Å². The summed E-state index contributed by atoms with van der Waals surface area (Å²) in [6.45, 7) is 4.15. The van der Waals surface area contributed by atoms with Crippen LogP contribution < -0.4 is 5.32 Å². The van der Waals surface area contributed by atoms with Crippen LogP contribution in [0.4, 0.5) is 5.00 Å². The van der Waals surface area contributed by atoms with Gasteiger partial charge in [0.15, 0.2) is 0 Å². The molecule has 1 aromatic heterocycles. The van der Waals surface area contributed by atoms with Gasteiger partial charge in [-0.25, -0.2) is 4.79 Å². The number of carbonyl (C=O) groups is 4. The molecule has 1 N–H and O–H groups in total. The Hall–Kier alpha value is -3.47. The molecule has 0 fully saturated rings. The lowest BCUT2D eigenvalue weighted by Crippen LogP contribution is -2.47. The maximum Gasteiger partial charge on any atom is 0.341 e. The molecule has 0 radical (unpaired) electrons. The standard InChI is InChI=1S/C30H31N3O5S2/c1-3-38-30(37)25-22-13-15-32(17-19-9-5-4-6-10-19)18-24(22)40-27(25)31-26(34)23(14-16-39-2)33-28(35)20-11-7-8-12-21(20)29(33)36/h4-12,23H,3,13-18H2,1-2H3,(H,31,34). The van der Waals surface area contributed by atoms with E-state index in [0.29, 0.717) is 46.8 Å². The van der Waals surface area contributed by atoms with Crippen molar-refractivity contribution in [2.24, 2.45) is 0 Å². The van der Waals surface area contributed by atoms with Crippen molar-refractivity contribution in [1.82, 2.24) is 9.80 Å². The van der Waals surface area contributed by atoms with Crippen molar-refractivity contribution in [2.75, 3.05) is 30.5 Å². The highest BCUT2D eigenvalue weighted by molar-refractivity contribution is 7.98. The summed E-state index contributed by atoms with van der Waals surface area (Å²) in [7, 11) is 0. The van der Waals surface area contributed by atoms with Crippen molar-refractivity contribution < 1.29 is 23.9 Å². The van der Waals surface area contributed by atoms with Crippen LogP contribution in [0.5, 0.6) is 0 Å². The summed E-state index contributed by atoms with van der Waals surface area (Å²) < 4.78 is 5.38. The summed E-state index contributed by atoms with van der Waals surface area (Å²) in [5, 5.41) is 3.33. The van der Waals surface area contributed by atoms with Crippen LogP contribution in [0, 0.1) is 0 Å². The van der Waals surface area contributed by atoms with Crippen molar-refractivity contribution in [1.29, 1.82) is 0 Å². The lowest BCUT2D eigenvalue weighted by atomic mass is 10.0. The topological polar surface area (TPSA) is 96.0 Å². The molecule has 3 heterocycles. The normalized spacial score (nSPS) is 15.5. The van der Waals surface area contributed by atoms with E-state index in [4.69, 9.17) is 4.74 Å². The zero-order chi connectivity index (χ0) is 28.2. The van der Waals surface area contributed by atoms with Gasteiger partial charge in [0.05, 0.1) is 23.3 Å². The predicted molar refractivity (Wildman–Crippen MR) is 157 cm³/mol. The number of benzene rings is 2. The Morgan fingerprint density at radius 2 is 1.73 bits per heavy atom. The lowest BCUT2D eigenvalue weighted by molar-refractivity contribution is -0.120. The van der Waals surface area contributed by atoms with Gasteiger partial charge in [0, 0.05) is 24.5 Å². The summed E-state index contributed by atoms with van der Waals surface area (Å²) in [5.41, 5.74) is 3.07. The number of ether oxygens (including phenoxy) is 1. The number of hydrogen-bond acceptors (Lipinski definition) is 8. The Bertz CT molecular complexity index is 1400. The van der Waals surface area contributed by atoms with E-state index >= 15 is 0 Å². The molecule has 3 amide bonds. The highest BCUT2D eigenvalue weighted by Gasteiger charge is 2.43. The number of nitrogens with zero attached hydrogens (tertiary/aromatic N) is 2. The van der Waals surface area contributed by atoms with Crippen LogP contribution in [-0.2, 0) is 29.0 Å². The first-order chi connectivity index (χ1) is 19.4. The number of imide groups is 1. The van der Waals surface area contributed by atoms with Crippen LogP contribution in [0.15, 0.2) is 54.6 Å². The zero-order valence-corrected chi connectivity index (χ0v) is 24.1. The second kappa shape index (κ2) is 12.4. The molecule has 3 aromatic rings. The van der Waals surface area contributed by atoms with Gasteiger partial charge in [0.2, 0.25) is 5.91 Å². The number of thioether (sulfide) groups is 1.